The Hall–Kier alpha value is -2.34. The molecule has 1 aliphatic heterocycles. The molecule has 1 aromatic heterocycles. The molecule has 1 aromatic carbocycles. The van der Waals surface area contributed by atoms with Gasteiger partial charge in [-0.05, 0) is 18.6 Å². The summed E-state index contributed by atoms with van der Waals surface area (Å²) in [6.07, 6.45) is 1.77. The minimum Gasteiger partial charge on any atom is -0.348 e. The number of aryl methyl sites for hydroxylation is 1. The lowest BCUT2D eigenvalue weighted by atomic mass is 10.2. The molecule has 2 amide bonds. The van der Waals surface area contributed by atoms with Crippen molar-refractivity contribution in [1.82, 2.24) is 20.2 Å². The van der Waals surface area contributed by atoms with Gasteiger partial charge in [0.25, 0.3) is 5.91 Å². The number of nitrogens with zero attached hydrogens (tertiary/aromatic N) is 2. The van der Waals surface area contributed by atoms with Gasteiger partial charge in [0.05, 0.1) is 12.4 Å². The van der Waals surface area contributed by atoms with E-state index in [0.717, 1.165) is 5.56 Å². The van der Waals surface area contributed by atoms with Crippen molar-refractivity contribution in [3.63, 3.8) is 0 Å². The highest BCUT2D eigenvalue weighted by molar-refractivity contribution is 6.31. The minimum atomic E-state index is -0.263. The molecular weight excluding hydrogens is 316 g/mol. The summed E-state index contributed by atoms with van der Waals surface area (Å²) < 4.78 is 0. The van der Waals surface area contributed by atoms with Gasteiger partial charge in [0.1, 0.15) is 5.69 Å². The van der Waals surface area contributed by atoms with Gasteiger partial charge in [-0.15, -0.1) is 0 Å². The fourth-order valence-electron chi connectivity index (χ4n) is 2.70. The van der Waals surface area contributed by atoms with Crippen LogP contribution in [0.3, 0.4) is 0 Å². The van der Waals surface area contributed by atoms with Crippen molar-refractivity contribution in [2.45, 2.75) is 25.9 Å². The Labute approximate surface area is 138 Å². The Bertz CT molecular complexity index is 743. The number of H-pyrrole nitrogens is 1. The van der Waals surface area contributed by atoms with Gasteiger partial charge in [0.15, 0.2) is 0 Å². The van der Waals surface area contributed by atoms with Gasteiger partial charge in [-0.2, -0.15) is 0 Å². The first kappa shape index (κ1) is 15.6. The highest BCUT2D eigenvalue weighted by atomic mass is 35.5. The van der Waals surface area contributed by atoms with E-state index in [9.17, 15) is 9.59 Å². The first-order valence-electron chi connectivity index (χ1n) is 7.36. The van der Waals surface area contributed by atoms with E-state index < -0.39 is 0 Å². The van der Waals surface area contributed by atoms with E-state index >= 15 is 0 Å². The van der Waals surface area contributed by atoms with Crippen LogP contribution >= 0.6 is 11.6 Å². The number of rotatable bonds is 4. The van der Waals surface area contributed by atoms with Crippen molar-refractivity contribution in [3.8, 4) is 0 Å². The number of hydrogen-bond donors (Lipinski definition) is 2. The summed E-state index contributed by atoms with van der Waals surface area (Å²) in [7, 11) is 0. The molecule has 0 unspecified atom stereocenters. The SMILES string of the molecule is Cc1[nH]cnc1C(=O)N[C@H]1CC(=O)N(Cc2ccccc2Cl)C1. The molecular formula is C16H17ClN4O2. The number of aromatic nitrogens is 2. The third-order valence-corrected chi connectivity index (χ3v) is 4.28. The number of carbonyl (C=O) groups is 2. The Morgan fingerprint density at radius 3 is 2.96 bits per heavy atom. The van der Waals surface area contributed by atoms with Gasteiger partial charge in [-0.25, -0.2) is 4.98 Å². The lowest BCUT2D eigenvalue weighted by Gasteiger charge is -2.17. The third-order valence-electron chi connectivity index (χ3n) is 3.91. The first-order valence-corrected chi connectivity index (χ1v) is 7.74. The third kappa shape index (κ3) is 3.37. The second-order valence-electron chi connectivity index (χ2n) is 5.62. The molecule has 6 nitrogen and oxygen atoms in total. The summed E-state index contributed by atoms with van der Waals surface area (Å²) in [5, 5.41) is 3.50. The summed E-state index contributed by atoms with van der Waals surface area (Å²) in [5.41, 5.74) is 1.97. The molecule has 0 spiro atoms. The van der Waals surface area contributed by atoms with E-state index in [-0.39, 0.29) is 17.9 Å². The molecule has 2 N–H and O–H groups in total. The highest BCUT2D eigenvalue weighted by Gasteiger charge is 2.31. The van der Waals surface area contributed by atoms with Gasteiger partial charge in [-0.1, -0.05) is 29.8 Å². The van der Waals surface area contributed by atoms with E-state index in [0.29, 0.717) is 35.9 Å². The Morgan fingerprint density at radius 2 is 2.26 bits per heavy atom. The summed E-state index contributed by atoms with van der Waals surface area (Å²) in [6, 6.07) is 7.23. The number of benzene rings is 1. The summed E-state index contributed by atoms with van der Waals surface area (Å²) >= 11 is 6.14. The topological polar surface area (TPSA) is 78.1 Å². The molecule has 23 heavy (non-hydrogen) atoms. The average molecular weight is 333 g/mol. The predicted octanol–water partition coefficient (Wildman–Crippen LogP) is 1.90. The van der Waals surface area contributed by atoms with E-state index in [2.05, 4.69) is 15.3 Å². The molecule has 2 aromatic rings. The molecule has 0 radical (unpaired) electrons. The second-order valence-corrected chi connectivity index (χ2v) is 6.02. The van der Waals surface area contributed by atoms with Crippen molar-refractivity contribution >= 4 is 23.4 Å². The van der Waals surface area contributed by atoms with Crippen molar-refractivity contribution in [2.75, 3.05) is 6.54 Å². The molecule has 3 rings (SSSR count). The normalized spacial score (nSPS) is 17.6. The van der Waals surface area contributed by atoms with E-state index in [1.165, 1.54) is 6.33 Å². The largest absolute Gasteiger partial charge is 0.348 e. The molecule has 0 saturated carbocycles. The number of imidazole rings is 1. The zero-order chi connectivity index (χ0) is 16.4. The van der Waals surface area contributed by atoms with Crippen LogP contribution in [-0.4, -0.2) is 39.3 Å². The maximum atomic E-state index is 12.2. The van der Waals surface area contributed by atoms with E-state index in [1.54, 1.807) is 17.9 Å². The van der Waals surface area contributed by atoms with Gasteiger partial charge in [0, 0.05) is 30.2 Å². The van der Waals surface area contributed by atoms with E-state index in [4.69, 9.17) is 11.6 Å². The Kier molecular flexibility index (Phi) is 4.34. The lowest BCUT2D eigenvalue weighted by molar-refractivity contribution is -0.128. The highest BCUT2D eigenvalue weighted by Crippen LogP contribution is 2.20. The van der Waals surface area contributed by atoms with Crippen molar-refractivity contribution in [1.29, 1.82) is 0 Å². The number of aromatic amines is 1. The minimum absolute atomic E-state index is 0.00831. The summed E-state index contributed by atoms with van der Waals surface area (Å²) in [4.78, 5) is 32.9. The fourth-order valence-corrected chi connectivity index (χ4v) is 2.89. The van der Waals surface area contributed by atoms with Gasteiger partial charge >= 0.3 is 0 Å². The number of hydrogen-bond acceptors (Lipinski definition) is 3. The van der Waals surface area contributed by atoms with Crippen molar-refractivity contribution < 1.29 is 9.59 Å². The average Bonchev–Trinajstić information content (AvgIpc) is 3.08. The molecule has 7 heteroatoms. The molecule has 1 saturated heterocycles. The maximum Gasteiger partial charge on any atom is 0.272 e. The van der Waals surface area contributed by atoms with Crippen LogP contribution in [-0.2, 0) is 11.3 Å². The molecule has 1 fully saturated rings. The number of nitrogens with one attached hydrogen (secondary N) is 2. The second kappa shape index (κ2) is 6.42. The monoisotopic (exact) mass is 332 g/mol. The van der Waals surface area contributed by atoms with Crippen LogP contribution in [0, 0.1) is 6.92 Å². The van der Waals surface area contributed by atoms with Gasteiger partial charge < -0.3 is 15.2 Å². The molecule has 120 valence electrons. The molecule has 1 atom stereocenters. The summed E-state index contributed by atoms with van der Waals surface area (Å²) in [6.45, 7) is 2.71. The quantitative estimate of drug-likeness (QED) is 0.897. The van der Waals surface area contributed by atoms with Gasteiger partial charge in [-0.3, -0.25) is 9.59 Å². The first-order chi connectivity index (χ1) is 11.0. The molecule has 2 heterocycles. The zero-order valence-corrected chi connectivity index (χ0v) is 13.4. The molecule has 0 bridgehead atoms. The number of carbonyl (C=O) groups excluding carboxylic acids is 2. The Balaban J connectivity index is 1.63. The number of likely N-dealkylation sites (tertiary alicyclic amines) is 1. The summed E-state index contributed by atoms with van der Waals surface area (Å²) in [5.74, 6) is -0.255. The van der Waals surface area contributed by atoms with E-state index in [1.807, 2.05) is 18.2 Å². The van der Waals surface area contributed by atoms with Crippen LogP contribution in [0.4, 0.5) is 0 Å². The van der Waals surface area contributed by atoms with Crippen LogP contribution in [0.1, 0.15) is 28.2 Å². The maximum absolute atomic E-state index is 12.2. The number of amides is 2. The standard InChI is InChI=1S/C16H17ClN4O2/c1-10-15(19-9-18-10)16(23)20-12-6-14(22)21(8-12)7-11-4-2-3-5-13(11)17/h2-5,9,12H,6-8H2,1H3,(H,18,19)(H,20,23)/t12-/m0/s1. The predicted molar refractivity (Wildman–Crippen MR) is 86.1 cm³/mol. The fraction of sp³-hybridized carbons (Fsp3) is 0.312. The smallest absolute Gasteiger partial charge is 0.272 e. The number of halogens is 1. The van der Waals surface area contributed by atoms with Crippen LogP contribution in [0.25, 0.3) is 0 Å². The van der Waals surface area contributed by atoms with Crippen LogP contribution in [0.2, 0.25) is 5.02 Å². The van der Waals surface area contributed by atoms with Gasteiger partial charge in [0.2, 0.25) is 5.91 Å². The molecule has 0 aliphatic carbocycles. The van der Waals surface area contributed by atoms with Crippen molar-refractivity contribution in [3.05, 3.63) is 52.6 Å². The zero-order valence-electron chi connectivity index (χ0n) is 12.7. The van der Waals surface area contributed by atoms with Crippen LogP contribution in [0.5, 0.6) is 0 Å². The lowest BCUT2D eigenvalue weighted by Crippen LogP contribution is -2.37. The Morgan fingerprint density at radius 1 is 1.48 bits per heavy atom. The molecule has 1 aliphatic rings. The van der Waals surface area contributed by atoms with Crippen LogP contribution in [0.15, 0.2) is 30.6 Å². The van der Waals surface area contributed by atoms with Crippen LogP contribution < -0.4 is 5.32 Å². The van der Waals surface area contributed by atoms with Crippen molar-refractivity contribution in [2.24, 2.45) is 0 Å².